The number of aromatic nitrogens is 2. The molecule has 0 bridgehead atoms. The highest BCUT2D eigenvalue weighted by Gasteiger charge is 2.30. The van der Waals surface area contributed by atoms with E-state index in [0.29, 0.717) is 5.92 Å². The van der Waals surface area contributed by atoms with Crippen LogP contribution >= 0.6 is 0 Å². The molecule has 3 fully saturated rings. The van der Waals surface area contributed by atoms with Gasteiger partial charge >= 0.3 is 0 Å². The lowest BCUT2D eigenvalue weighted by molar-refractivity contribution is 0.0935. The fourth-order valence-corrected chi connectivity index (χ4v) is 3.96. The molecule has 0 N–H and O–H groups in total. The molecule has 0 spiro atoms. The quantitative estimate of drug-likeness (QED) is 0.856. The predicted octanol–water partition coefficient (Wildman–Crippen LogP) is 2.79. The largest absolute Gasteiger partial charge is 0.339 e. The molecule has 3 heterocycles. The number of likely N-dealkylation sites (tertiary alicyclic amines) is 2. The summed E-state index contributed by atoms with van der Waals surface area (Å²) in [6, 6.07) is 0.738. The van der Waals surface area contributed by atoms with Crippen molar-refractivity contribution in [2.75, 3.05) is 26.2 Å². The molecule has 0 aromatic carbocycles. The average molecular weight is 304 g/mol. The van der Waals surface area contributed by atoms with Crippen LogP contribution in [0.1, 0.15) is 69.0 Å². The van der Waals surface area contributed by atoms with Crippen molar-refractivity contribution in [3.63, 3.8) is 0 Å². The highest BCUT2D eigenvalue weighted by molar-refractivity contribution is 5.01. The number of piperidine rings is 1. The first-order valence-electron chi connectivity index (χ1n) is 9.17. The zero-order chi connectivity index (χ0) is 14.8. The van der Waals surface area contributed by atoms with E-state index in [1.807, 2.05) is 0 Å². The van der Waals surface area contributed by atoms with Gasteiger partial charge in [0, 0.05) is 18.5 Å². The molecule has 1 saturated carbocycles. The molecule has 4 rings (SSSR count). The molecule has 1 aromatic heterocycles. The molecular formula is C17H28N4O. The summed E-state index contributed by atoms with van der Waals surface area (Å²) in [6.07, 6.45) is 10.7. The third kappa shape index (κ3) is 3.51. The van der Waals surface area contributed by atoms with E-state index in [0.717, 1.165) is 24.3 Å². The minimum atomic E-state index is 0.562. The van der Waals surface area contributed by atoms with Gasteiger partial charge in [0.2, 0.25) is 5.89 Å². The summed E-state index contributed by atoms with van der Waals surface area (Å²) in [5, 5.41) is 4.18. The van der Waals surface area contributed by atoms with Gasteiger partial charge in [0.15, 0.2) is 5.82 Å². The maximum Gasteiger partial charge on any atom is 0.229 e. The zero-order valence-electron chi connectivity index (χ0n) is 13.5. The van der Waals surface area contributed by atoms with E-state index in [9.17, 15) is 0 Å². The Morgan fingerprint density at radius 3 is 2.55 bits per heavy atom. The lowest BCUT2D eigenvalue weighted by Crippen LogP contribution is -2.48. The molecule has 122 valence electrons. The molecule has 1 atom stereocenters. The molecule has 2 aliphatic heterocycles. The molecule has 22 heavy (non-hydrogen) atoms. The number of nitrogens with zero attached hydrogens (tertiary/aromatic N) is 4. The van der Waals surface area contributed by atoms with Crippen molar-refractivity contribution in [2.45, 2.75) is 69.9 Å². The first-order chi connectivity index (χ1) is 10.9. The van der Waals surface area contributed by atoms with Crippen molar-refractivity contribution in [2.24, 2.45) is 0 Å². The Morgan fingerprint density at radius 2 is 1.77 bits per heavy atom. The van der Waals surface area contributed by atoms with E-state index in [-0.39, 0.29) is 0 Å². The second kappa shape index (κ2) is 6.67. The summed E-state index contributed by atoms with van der Waals surface area (Å²) in [6.45, 7) is 5.81. The molecule has 5 heteroatoms. The van der Waals surface area contributed by atoms with Gasteiger partial charge in [0.25, 0.3) is 0 Å². The molecule has 1 aromatic rings. The average Bonchev–Trinajstić information content (AvgIpc) is 3.33. The van der Waals surface area contributed by atoms with Crippen LogP contribution in [0.2, 0.25) is 0 Å². The maximum absolute atomic E-state index is 5.39. The van der Waals surface area contributed by atoms with Crippen LogP contribution < -0.4 is 0 Å². The van der Waals surface area contributed by atoms with Gasteiger partial charge in [-0.2, -0.15) is 4.98 Å². The number of hydrogen-bond donors (Lipinski definition) is 0. The molecular weight excluding hydrogens is 276 g/mol. The Bertz CT molecular complexity index is 477. The van der Waals surface area contributed by atoms with Crippen LogP contribution in [0.25, 0.3) is 0 Å². The normalized spacial score (nSPS) is 28.6. The first-order valence-corrected chi connectivity index (χ1v) is 9.17. The first kappa shape index (κ1) is 14.6. The second-order valence-corrected chi connectivity index (χ2v) is 7.30. The van der Waals surface area contributed by atoms with E-state index in [4.69, 9.17) is 4.52 Å². The van der Waals surface area contributed by atoms with Crippen molar-refractivity contribution in [3.8, 4) is 0 Å². The zero-order valence-corrected chi connectivity index (χ0v) is 13.5. The standard InChI is InChI=1S/C17H28N4O/c1-2-4-11-21(10-3-1)15-6-5-9-20(12-15)13-16-18-17(22-19-16)14-7-8-14/h14-15H,1-13H2. The monoisotopic (exact) mass is 304 g/mol. The van der Waals surface area contributed by atoms with Gasteiger partial charge in [-0.25, -0.2) is 0 Å². The topological polar surface area (TPSA) is 45.4 Å². The van der Waals surface area contributed by atoms with Gasteiger partial charge in [-0.15, -0.1) is 0 Å². The van der Waals surface area contributed by atoms with Crippen LogP contribution in [-0.4, -0.2) is 52.2 Å². The summed E-state index contributed by atoms with van der Waals surface area (Å²) in [7, 11) is 0. The van der Waals surface area contributed by atoms with E-state index < -0.39 is 0 Å². The van der Waals surface area contributed by atoms with E-state index in [2.05, 4.69) is 19.9 Å². The lowest BCUT2D eigenvalue weighted by atomic mass is 10.0. The Labute approximate surface area is 133 Å². The van der Waals surface area contributed by atoms with E-state index in [1.165, 1.54) is 77.5 Å². The van der Waals surface area contributed by atoms with Crippen LogP contribution in [0, 0.1) is 0 Å². The minimum absolute atomic E-state index is 0.562. The molecule has 1 aliphatic carbocycles. The third-order valence-corrected chi connectivity index (χ3v) is 5.41. The van der Waals surface area contributed by atoms with Crippen LogP contribution in [0.15, 0.2) is 4.52 Å². The number of rotatable bonds is 4. The molecule has 1 unspecified atom stereocenters. The summed E-state index contributed by atoms with van der Waals surface area (Å²) < 4.78 is 5.39. The summed E-state index contributed by atoms with van der Waals surface area (Å²) >= 11 is 0. The molecule has 0 amide bonds. The van der Waals surface area contributed by atoms with Crippen molar-refractivity contribution in [3.05, 3.63) is 11.7 Å². The highest BCUT2D eigenvalue weighted by atomic mass is 16.5. The van der Waals surface area contributed by atoms with Crippen molar-refractivity contribution in [1.82, 2.24) is 19.9 Å². The highest BCUT2D eigenvalue weighted by Crippen LogP contribution is 2.38. The lowest BCUT2D eigenvalue weighted by Gasteiger charge is -2.38. The second-order valence-electron chi connectivity index (χ2n) is 7.30. The van der Waals surface area contributed by atoms with Gasteiger partial charge < -0.3 is 4.52 Å². The molecule has 5 nitrogen and oxygen atoms in total. The minimum Gasteiger partial charge on any atom is -0.339 e. The smallest absolute Gasteiger partial charge is 0.229 e. The Kier molecular flexibility index (Phi) is 4.44. The van der Waals surface area contributed by atoms with Gasteiger partial charge in [-0.05, 0) is 58.2 Å². The van der Waals surface area contributed by atoms with Crippen molar-refractivity contribution >= 4 is 0 Å². The van der Waals surface area contributed by atoms with Crippen LogP contribution in [0.4, 0.5) is 0 Å². The predicted molar refractivity (Wildman–Crippen MR) is 84.6 cm³/mol. The molecule has 0 radical (unpaired) electrons. The number of hydrogen-bond acceptors (Lipinski definition) is 5. The van der Waals surface area contributed by atoms with Crippen LogP contribution in [0.5, 0.6) is 0 Å². The molecule has 2 saturated heterocycles. The Morgan fingerprint density at radius 1 is 0.955 bits per heavy atom. The van der Waals surface area contributed by atoms with Crippen LogP contribution in [0.3, 0.4) is 0 Å². The van der Waals surface area contributed by atoms with E-state index >= 15 is 0 Å². The summed E-state index contributed by atoms with van der Waals surface area (Å²) in [4.78, 5) is 9.86. The van der Waals surface area contributed by atoms with Crippen molar-refractivity contribution < 1.29 is 4.52 Å². The Hall–Kier alpha value is -0.940. The summed E-state index contributed by atoms with van der Waals surface area (Å²) in [5.41, 5.74) is 0. The van der Waals surface area contributed by atoms with E-state index in [1.54, 1.807) is 0 Å². The summed E-state index contributed by atoms with van der Waals surface area (Å²) in [5.74, 6) is 2.32. The molecule has 3 aliphatic rings. The van der Waals surface area contributed by atoms with Crippen molar-refractivity contribution in [1.29, 1.82) is 0 Å². The van der Waals surface area contributed by atoms with Gasteiger partial charge in [-0.3, -0.25) is 9.80 Å². The van der Waals surface area contributed by atoms with Gasteiger partial charge in [-0.1, -0.05) is 18.0 Å². The maximum atomic E-state index is 5.39. The third-order valence-electron chi connectivity index (χ3n) is 5.41. The van der Waals surface area contributed by atoms with Gasteiger partial charge in [0.1, 0.15) is 0 Å². The Balaban J connectivity index is 1.33. The van der Waals surface area contributed by atoms with Crippen LogP contribution in [-0.2, 0) is 6.54 Å². The van der Waals surface area contributed by atoms with Gasteiger partial charge in [0.05, 0.1) is 6.54 Å². The fraction of sp³-hybridized carbons (Fsp3) is 0.882. The fourth-order valence-electron chi connectivity index (χ4n) is 3.96. The SMILES string of the molecule is C1CCCN(C2CCCN(Cc3noc(C4CC4)n3)C2)CC1.